The maximum absolute atomic E-state index is 13.3. The number of rotatable bonds is 16. The van der Waals surface area contributed by atoms with E-state index >= 15 is 0 Å². The summed E-state index contributed by atoms with van der Waals surface area (Å²) >= 11 is 0. The number of nitrogens with two attached hydrogens (primary N) is 1. The molecule has 0 heterocycles. The quantitative estimate of drug-likeness (QED) is 0.126. The number of carbonyl (C=O) groups excluding carboxylic acids is 3. The number of aromatic hydroxyl groups is 1. The predicted octanol–water partition coefficient (Wildman–Crippen LogP) is -0.617. The summed E-state index contributed by atoms with van der Waals surface area (Å²) in [6.07, 6.45) is -1.93. The van der Waals surface area contributed by atoms with Crippen LogP contribution in [0.5, 0.6) is 5.75 Å². The third-order valence-corrected chi connectivity index (χ3v) is 5.92. The first-order valence-electron chi connectivity index (χ1n) is 12.5. The van der Waals surface area contributed by atoms with Gasteiger partial charge < -0.3 is 42.1 Å². The topological polar surface area (TPSA) is 245 Å². The highest BCUT2D eigenvalue weighted by atomic mass is 16.4. The van der Waals surface area contributed by atoms with E-state index in [1.54, 1.807) is 42.5 Å². The molecule has 2 aromatic rings. The van der Waals surface area contributed by atoms with Crippen LogP contribution in [-0.4, -0.2) is 80.2 Å². The van der Waals surface area contributed by atoms with Gasteiger partial charge in [0.2, 0.25) is 17.7 Å². The Balaban J connectivity index is 2.23. The molecule has 0 spiro atoms. The minimum Gasteiger partial charge on any atom is -0.508 e. The summed E-state index contributed by atoms with van der Waals surface area (Å²) in [5, 5.41) is 43.6. The van der Waals surface area contributed by atoms with E-state index in [4.69, 9.17) is 15.9 Å². The summed E-state index contributed by atoms with van der Waals surface area (Å²) < 4.78 is 0. The molecule has 0 aliphatic heterocycles. The second kappa shape index (κ2) is 15.6. The van der Waals surface area contributed by atoms with Crippen molar-refractivity contribution < 1.29 is 49.2 Å². The lowest BCUT2D eigenvalue weighted by molar-refractivity contribution is -0.147. The molecule has 0 aliphatic rings. The van der Waals surface area contributed by atoms with Crippen molar-refractivity contribution in [3.05, 3.63) is 65.7 Å². The van der Waals surface area contributed by atoms with Crippen LogP contribution in [-0.2, 0) is 41.6 Å². The van der Waals surface area contributed by atoms with E-state index in [2.05, 4.69) is 10.6 Å². The lowest BCUT2D eigenvalue weighted by atomic mass is 10.0. The van der Waals surface area contributed by atoms with Crippen LogP contribution in [0.4, 0.5) is 0 Å². The number of nitrogens with one attached hydrogen (secondary N) is 3. The maximum Gasteiger partial charge on any atom is 0.326 e. The van der Waals surface area contributed by atoms with Crippen molar-refractivity contribution in [1.29, 1.82) is 0 Å². The van der Waals surface area contributed by atoms with Crippen LogP contribution in [0.2, 0.25) is 0 Å². The minimum atomic E-state index is -1.83. The van der Waals surface area contributed by atoms with Gasteiger partial charge in [0.1, 0.15) is 23.9 Å². The average Bonchev–Trinajstić information content (AvgIpc) is 2.91. The highest BCUT2D eigenvalue weighted by Crippen LogP contribution is 2.12. The van der Waals surface area contributed by atoms with E-state index < -0.39 is 79.1 Å². The Morgan fingerprint density at radius 2 is 1.20 bits per heavy atom. The number of phenols is 1. The lowest BCUT2D eigenvalue weighted by Gasteiger charge is -2.25. The number of carboxylic acid groups (broad SMARTS) is 3. The zero-order valence-corrected chi connectivity index (χ0v) is 21.9. The maximum atomic E-state index is 13.3. The van der Waals surface area contributed by atoms with Gasteiger partial charge >= 0.3 is 17.9 Å². The molecule has 2 rings (SSSR count). The van der Waals surface area contributed by atoms with Gasteiger partial charge in [-0.05, 0) is 36.1 Å². The molecule has 9 N–H and O–H groups in total. The van der Waals surface area contributed by atoms with E-state index in [9.17, 15) is 39.0 Å². The highest BCUT2D eigenvalue weighted by molar-refractivity contribution is 5.95. The Morgan fingerprint density at radius 1 is 0.659 bits per heavy atom. The fraction of sp³-hybridized carbons (Fsp3) is 0.333. The number of amides is 3. The van der Waals surface area contributed by atoms with Gasteiger partial charge in [0.05, 0.1) is 12.5 Å². The van der Waals surface area contributed by atoms with Gasteiger partial charge in [-0.25, -0.2) is 4.79 Å². The van der Waals surface area contributed by atoms with Gasteiger partial charge in [0, 0.05) is 12.8 Å². The Hall–Kier alpha value is -4.98. The molecule has 0 radical (unpaired) electrons. The van der Waals surface area contributed by atoms with Crippen molar-refractivity contribution in [1.82, 2.24) is 16.0 Å². The first-order valence-corrected chi connectivity index (χ1v) is 12.5. The van der Waals surface area contributed by atoms with Gasteiger partial charge in [-0.2, -0.15) is 0 Å². The number of hydrogen-bond donors (Lipinski definition) is 8. The number of benzene rings is 2. The SMILES string of the molecule is NC(Cc1ccc(O)cc1)C(=O)NC(Cc1ccccc1)C(=O)NC(CCC(=O)O)C(=O)NC(CC(=O)O)C(=O)O. The fourth-order valence-electron chi connectivity index (χ4n) is 3.77. The van der Waals surface area contributed by atoms with Crippen molar-refractivity contribution in [3.63, 3.8) is 0 Å². The van der Waals surface area contributed by atoms with Crippen molar-refractivity contribution >= 4 is 35.6 Å². The molecule has 4 atom stereocenters. The van der Waals surface area contributed by atoms with Crippen LogP contribution in [0.3, 0.4) is 0 Å². The highest BCUT2D eigenvalue weighted by Gasteiger charge is 2.31. The van der Waals surface area contributed by atoms with Crippen LogP contribution in [0, 0.1) is 0 Å². The smallest absolute Gasteiger partial charge is 0.326 e. The molecule has 0 aromatic heterocycles. The normalized spacial score (nSPS) is 13.6. The molecular weight excluding hydrogens is 540 g/mol. The van der Waals surface area contributed by atoms with Crippen LogP contribution in [0.15, 0.2) is 54.6 Å². The van der Waals surface area contributed by atoms with E-state index in [1.807, 2.05) is 5.32 Å². The molecule has 2 aromatic carbocycles. The zero-order valence-electron chi connectivity index (χ0n) is 21.9. The van der Waals surface area contributed by atoms with Gasteiger partial charge in [-0.1, -0.05) is 42.5 Å². The van der Waals surface area contributed by atoms with Gasteiger partial charge in [-0.15, -0.1) is 0 Å². The first kappa shape index (κ1) is 32.2. The summed E-state index contributed by atoms with van der Waals surface area (Å²) in [6, 6.07) is 8.81. The molecule has 0 bridgehead atoms. The van der Waals surface area contributed by atoms with E-state index in [0.717, 1.165) is 0 Å². The molecule has 14 nitrogen and oxygen atoms in total. The molecule has 0 aliphatic carbocycles. The van der Waals surface area contributed by atoms with Gasteiger partial charge in [0.25, 0.3) is 0 Å². The molecule has 14 heteroatoms. The summed E-state index contributed by atoms with van der Waals surface area (Å²) in [4.78, 5) is 72.6. The van der Waals surface area contributed by atoms with E-state index in [-0.39, 0.29) is 18.6 Å². The molecule has 0 saturated carbocycles. The summed E-state index contributed by atoms with van der Waals surface area (Å²) in [6.45, 7) is 0. The molecule has 0 saturated heterocycles. The molecule has 41 heavy (non-hydrogen) atoms. The number of carboxylic acids is 3. The van der Waals surface area contributed by atoms with E-state index in [0.29, 0.717) is 11.1 Å². The second-order valence-corrected chi connectivity index (χ2v) is 9.22. The third-order valence-electron chi connectivity index (χ3n) is 5.92. The number of hydrogen-bond acceptors (Lipinski definition) is 8. The van der Waals surface area contributed by atoms with Crippen LogP contribution in [0.25, 0.3) is 0 Å². The summed E-state index contributed by atoms with van der Waals surface area (Å²) in [5.41, 5.74) is 7.33. The zero-order chi connectivity index (χ0) is 30.5. The lowest BCUT2D eigenvalue weighted by Crippen LogP contribution is -2.58. The third kappa shape index (κ3) is 11.3. The van der Waals surface area contributed by atoms with Crippen molar-refractivity contribution in [2.75, 3.05) is 0 Å². The van der Waals surface area contributed by atoms with Gasteiger partial charge in [0.15, 0.2) is 0 Å². The standard InChI is InChI=1S/C27H32N4O10/c28-18(12-16-6-8-17(32)9-7-16)24(37)30-20(13-15-4-2-1-3-5-15)26(39)29-19(10-11-22(33)34)25(38)31-21(27(40)41)14-23(35)36/h1-9,18-21,32H,10-14,28H2,(H,29,39)(H,30,37)(H,31,38)(H,33,34)(H,35,36)(H,40,41). The predicted molar refractivity (Wildman–Crippen MR) is 142 cm³/mol. The Labute approximate surface area is 234 Å². The summed E-state index contributed by atoms with van der Waals surface area (Å²) in [7, 11) is 0. The molecule has 4 unspecified atom stereocenters. The number of aliphatic carboxylic acids is 3. The number of carbonyl (C=O) groups is 6. The first-order chi connectivity index (χ1) is 19.3. The van der Waals surface area contributed by atoms with Crippen molar-refractivity contribution in [3.8, 4) is 5.75 Å². The van der Waals surface area contributed by atoms with Gasteiger partial charge in [-0.3, -0.25) is 24.0 Å². The largest absolute Gasteiger partial charge is 0.508 e. The monoisotopic (exact) mass is 572 g/mol. The second-order valence-electron chi connectivity index (χ2n) is 9.22. The van der Waals surface area contributed by atoms with Crippen LogP contribution >= 0.6 is 0 Å². The van der Waals surface area contributed by atoms with Crippen LogP contribution < -0.4 is 21.7 Å². The molecule has 3 amide bonds. The molecule has 220 valence electrons. The van der Waals surface area contributed by atoms with E-state index in [1.165, 1.54) is 12.1 Å². The molecule has 0 fully saturated rings. The molecular formula is C27H32N4O10. The van der Waals surface area contributed by atoms with Crippen molar-refractivity contribution in [2.45, 2.75) is 56.3 Å². The Kier molecular flexibility index (Phi) is 12.2. The fourth-order valence-corrected chi connectivity index (χ4v) is 3.77. The minimum absolute atomic E-state index is 0.0329. The Morgan fingerprint density at radius 3 is 1.76 bits per heavy atom. The average molecular weight is 573 g/mol. The van der Waals surface area contributed by atoms with Crippen molar-refractivity contribution in [2.24, 2.45) is 5.73 Å². The number of phenolic OH excluding ortho intramolecular Hbond substituents is 1. The van der Waals surface area contributed by atoms with Crippen LogP contribution in [0.1, 0.15) is 30.4 Å². The Bertz CT molecular complexity index is 1240. The summed E-state index contributed by atoms with van der Waals surface area (Å²) in [5.74, 6) is -7.10.